The zero-order valence-corrected chi connectivity index (χ0v) is 15.5. The van der Waals surface area contributed by atoms with Crippen LogP contribution in [0.15, 0.2) is 82.0 Å². The lowest BCUT2D eigenvalue weighted by molar-refractivity contribution is 0.0977. The number of hydrogen-bond acceptors (Lipinski definition) is 5. The van der Waals surface area contributed by atoms with Crippen molar-refractivity contribution >= 4 is 34.1 Å². The van der Waals surface area contributed by atoms with Crippen LogP contribution in [-0.4, -0.2) is 17.5 Å². The number of carbonyl (C=O) groups is 3. The molecule has 0 spiro atoms. The summed E-state index contributed by atoms with van der Waals surface area (Å²) in [5.41, 5.74) is 1.07. The summed E-state index contributed by atoms with van der Waals surface area (Å²) in [5, 5.41) is 2.98. The monoisotopic (exact) mass is 395 g/mol. The molecule has 0 saturated heterocycles. The van der Waals surface area contributed by atoms with E-state index in [-0.39, 0.29) is 50.7 Å². The van der Waals surface area contributed by atoms with E-state index in [2.05, 4.69) is 5.32 Å². The molecule has 3 aromatic carbocycles. The Hall–Kier alpha value is -4.32. The molecule has 144 valence electrons. The molecular weight excluding hydrogens is 382 g/mol. The van der Waals surface area contributed by atoms with Crippen LogP contribution < -0.4 is 10.7 Å². The summed E-state index contributed by atoms with van der Waals surface area (Å²) in [4.78, 5) is 50.9. The maximum atomic E-state index is 13.0. The van der Waals surface area contributed by atoms with Crippen LogP contribution in [0.5, 0.6) is 0 Å². The van der Waals surface area contributed by atoms with Gasteiger partial charge in [0.15, 0.2) is 22.8 Å². The number of ketones is 2. The van der Waals surface area contributed by atoms with Gasteiger partial charge in [-0.1, -0.05) is 48.5 Å². The number of para-hydroxylation sites is 1. The van der Waals surface area contributed by atoms with Crippen molar-refractivity contribution in [2.24, 2.45) is 0 Å². The van der Waals surface area contributed by atoms with Gasteiger partial charge in [-0.05, 0) is 18.2 Å². The zero-order valence-electron chi connectivity index (χ0n) is 15.5. The summed E-state index contributed by atoms with van der Waals surface area (Å²) >= 11 is 0. The molecule has 1 aliphatic rings. The van der Waals surface area contributed by atoms with E-state index in [0.29, 0.717) is 10.9 Å². The first kappa shape index (κ1) is 17.8. The summed E-state index contributed by atoms with van der Waals surface area (Å²) in [6, 6.07) is 19.0. The maximum Gasteiger partial charge on any atom is 0.291 e. The largest absolute Gasteiger partial charge is 0.451 e. The maximum absolute atomic E-state index is 13.0. The van der Waals surface area contributed by atoms with Gasteiger partial charge in [0.1, 0.15) is 5.58 Å². The Balaban J connectivity index is 1.57. The topological polar surface area (TPSA) is 93.5 Å². The molecule has 0 fully saturated rings. The Kier molecular flexibility index (Phi) is 3.93. The summed E-state index contributed by atoms with van der Waals surface area (Å²) < 4.78 is 5.56. The fourth-order valence-electron chi connectivity index (χ4n) is 3.65. The van der Waals surface area contributed by atoms with E-state index in [1.54, 1.807) is 60.7 Å². The van der Waals surface area contributed by atoms with E-state index >= 15 is 0 Å². The molecule has 5 rings (SSSR count). The molecule has 30 heavy (non-hydrogen) atoms. The Morgan fingerprint density at radius 1 is 0.733 bits per heavy atom. The standard InChI is InChI=1S/C24H13NO5/c26-18-12-20(30-19-11-4-3-8-15(18)19)24(29)25-17-10-5-9-16-21(17)23(28)14-7-2-1-6-13(14)22(16)27/h1-12H,(H,25,29). The van der Waals surface area contributed by atoms with Gasteiger partial charge in [0, 0.05) is 22.8 Å². The third-order valence-electron chi connectivity index (χ3n) is 5.06. The second kappa shape index (κ2) is 6.63. The van der Waals surface area contributed by atoms with Crippen molar-refractivity contribution in [3.63, 3.8) is 0 Å². The first-order valence-electron chi connectivity index (χ1n) is 9.20. The highest BCUT2D eigenvalue weighted by Crippen LogP contribution is 2.32. The molecular formula is C24H13NO5. The van der Waals surface area contributed by atoms with Crippen molar-refractivity contribution in [3.05, 3.63) is 111 Å². The van der Waals surface area contributed by atoms with E-state index < -0.39 is 5.91 Å². The predicted molar refractivity (Wildman–Crippen MR) is 110 cm³/mol. The minimum absolute atomic E-state index is 0.123. The highest BCUT2D eigenvalue weighted by atomic mass is 16.3. The van der Waals surface area contributed by atoms with Crippen LogP contribution in [0, 0.1) is 0 Å². The van der Waals surface area contributed by atoms with E-state index in [9.17, 15) is 19.2 Å². The average molecular weight is 395 g/mol. The van der Waals surface area contributed by atoms with Gasteiger partial charge in [0.25, 0.3) is 5.91 Å². The minimum Gasteiger partial charge on any atom is -0.451 e. The van der Waals surface area contributed by atoms with Gasteiger partial charge in [-0.25, -0.2) is 0 Å². The second-order valence-electron chi connectivity index (χ2n) is 6.86. The molecule has 0 radical (unpaired) electrons. The van der Waals surface area contributed by atoms with Gasteiger partial charge in [-0.15, -0.1) is 0 Å². The van der Waals surface area contributed by atoms with Gasteiger partial charge in [0.05, 0.1) is 16.6 Å². The van der Waals surface area contributed by atoms with Crippen molar-refractivity contribution in [3.8, 4) is 0 Å². The summed E-state index contributed by atoms with van der Waals surface area (Å²) in [7, 11) is 0. The van der Waals surface area contributed by atoms with Gasteiger partial charge in [-0.2, -0.15) is 0 Å². The second-order valence-corrected chi connectivity index (χ2v) is 6.86. The smallest absolute Gasteiger partial charge is 0.291 e. The Morgan fingerprint density at radius 2 is 1.40 bits per heavy atom. The van der Waals surface area contributed by atoms with Crippen LogP contribution in [0.2, 0.25) is 0 Å². The summed E-state index contributed by atoms with van der Waals surface area (Å²) in [6.45, 7) is 0. The van der Waals surface area contributed by atoms with E-state index in [1.165, 1.54) is 6.07 Å². The third kappa shape index (κ3) is 2.66. The number of hydrogen-bond donors (Lipinski definition) is 1. The fraction of sp³-hybridized carbons (Fsp3) is 0. The molecule has 6 heteroatoms. The Bertz CT molecular complexity index is 1450. The van der Waals surface area contributed by atoms with Crippen LogP contribution in [0.1, 0.15) is 42.4 Å². The molecule has 1 N–H and O–H groups in total. The number of amides is 1. The molecule has 4 aromatic rings. The van der Waals surface area contributed by atoms with Crippen molar-refractivity contribution in [1.82, 2.24) is 0 Å². The molecule has 0 unspecified atom stereocenters. The van der Waals surface area contributed by atoms with Gasteiger partial charge < -0.3 is 9.73 Å². The van der Waals surface area contributed by atoms with Crippen LogP contribution in [-0.2, 0) is 0 Å². The molecule has 1 aliphatic carbocycles. The van der Waals surface area contributed by atoms with Crippen molar-refractivity contribution in [2.45, 2.75) is 0 Å². The first-order valence-corrected chi connectivity index (χ1v) is 9.20. The number of benzene rings is 3. The van der Waals surface area contributed by atoms with E-state index in [4.69, 9.17) is 4.42 Å². The molecule has 1 amide bonds. The van der Waals surface area contributed by atoms with Crippen LogP contribution >= 0.6 is 0 Å². The molecule has 0 aliphatic heterocycles. The first-order chi connectivity index (χ1) is 14.5. The number of nitrogens with one attached hydrogen (secondary N) is 1. The van der Waals surface area contributed by atoms with Crippen LogP contribution in [0.3, 0.4) is 0 Å². The predicted octanol–water partition coefficient (Wildman–Crippen LogP) is 3.82. The van der Waals surface area contributed by atoms with Crippen LogP contribution in [0.25, 0.3) is 11.0 Å². The van der Waals surface area contributed by atoms with Gasteiger partial charge in [0.2, 0.25) is 0 Å². The van der Waals surface area contributed by atoms with Crippen molar-refractivity contribution < 1.29 is 18.8 Å². The SMILES string of the molecule is O=C(Nc1cccc2c1C(=O)c1ccccc1C2=O)c1cc(=O)c2ccccc2o1. The molecule has 0 atom stereocenters. The molecule has 6 nitrogen and oxygen atoms in total. The Morgan fingerprint density at radius 3 is 2.20 bits per heavy atom. The lowest BCUT2D eigenvalue weighted by Crippen LogP contribution is -2.24. The van der Waals surface area contributed by atoms with Gasteiger partial charge in [-0.3, -0.25) is 19.2 Å². The quantitative estimate of drug-likeness (QED) is 0.490. The van der Waals surface area contributed by atoms with E-state index in [0.717, 1.165) is 6.07 Å². The lowest BCUT2D eigenvalue weighted by Gasteiger charge is -2.20. The number of fused-ring (bicyclic) bond motifs is 3. The summed E-state index contributed by atoms with van der Waals surface area (Å²) in [6.07, 6.45) is 0. The lowest BCUT2D eigenvalue weighted by atomic mass is 9.83. The highest BCUT2D eigenvalue weighted by molar-refractivity contribution is 6.30. The normalized spacial score (nSPS) is 12.4. The molecule has 1 aromatic heterocycles. The number of anilines is 1. The van der Waals surface area contributed by atoms with Crippen LogP contribution in [0.4, 0.5) is 5.69 Å². The fourth-order valence-corrected chi connectivity index (χ4v) is 3.65. The van der Waals surface area contributed by atoms with Gasteiger partial charge >= 0.3 is 0 Å². The average Bonchev–Trinajstić information content (AvgIpc) is 2.77. The third-order valence-corrected chi connectivity index (χ3v) is 5.06. The highest BCUT2D eigenvalue weighted by Gasteiger charge is 2.31. The van der Waals surface area contributed by atoms with Crippen molar-refractivity contribution in [1.29, 1.82) is 0 Å². The zero-order chi connectivity index (χ0) is 20.8. The summed E-state index contributed by atoms with van der Waals surface area (Å²) in [5.74, 6) is -1.51. The van der Waals surface area contributed by atoms with Crippen molar-refractivity contribution in [2.75, 3.05) is 5.32 Å². The number of carbonyl (C=O) groups excluding carboxylic acids is 3. The molecule has 0 saturated carbocycles. The molecule has 0 bridgehead atoms. The molecule has 1 heterocycles. The Labute approximate surface area is 169 Å². The minimum atomic E-state index is -0.689. The number of rotatable bonds is 2. The van der Waals surface area contributed by atoms with E-state index in [1.807, 2.05) is 0 Å².